The molecule has 0 bridgehead atoms. The number of halogens is 1. The van der Waals surface area contributed by atoms with Crippen LogP contribution in [0.4, 0.5) is 15.8 Å². The Bertz CT molecular complexity index is 1760. The molecule has 250 valence electrons. The normalized spacial score (nSPS) is 15.4. The second kappa shape index (κ2) is 14.2. The number of piperazine rings is 1. The molecular formula is C36H38FN5O6. The minimum Gasteiger partial charge on any atom is -0.460 e. The Hall–Kier alpha value is -5.28. The molecule has 1 fully saturated rings. The van der Waals surface area contributed by atoms with Crippen LogP contribution in [0.2, 0.25) is 0 Å². The third-order valence-corrected chi connectivity index (χ3v) is 8.27. The Balaban J connectivity index is 1.17. The van der Waals surface area contributed by atoms with Crippen molar-refractivity contribution in [3.05, 3.63) is 100 Å². The van der Waals surface area contributed by atoms with Gasteiger partial charge in [-0.3, -0.25) is 19.3 Å². The molecule has 0 saturated carbocycles. The number of ether oxygens (including phenoxy) is 2. The molecule has 0 unspecified atom stereocenters. The smallest absolute Gasteiger partial charge is 0.343 e. The monoisotopic (exact) mass is 655 g/mol. The first-order chi connectivity index (χ1) is 22.8. The van der Waals surface area contributed by atoms with Crippen LogP contribution in [-0.4, -0.2) is 71.4 Å². The van der Waals surface area contributed by atoms with Crippen LogP contribution in [-0.2, 0) is 27.4 Å². The highest BCUT2D eigenvalue weighted by atomic mass is 19.1. The molecule has 5 rings (SSSR count). The summed E-state index contributed by atoms with van der Waals surface area (Å²) in [6.45, 7) is 15.6. The van der Waals surface area contributed by atoms with Gasteiger partial charge in [0.15, 0.2) is 5.69 Å². The lowest BCUT2D eigenvalue weighted by atomic mass is 10.1. The average Bonchev–Trinajstić information content (AvgIpc) is 3.37. The third kappa shape index (κ3) is 7.98. The van der Waals surface area contributed by atoms with E-state index in [4.69, 9.17) is 21.8 Å². The van der Waals surface area contributed by atoms with Crippen LogP contribution >= 0.6 is 0 Å². The van der Waals surface area contributed by atoms with Crippen LogP contribution in [0.15, 0.2) is 60.7 Å². The molecule has 2 heterocycles. The van der Waals surface area contributed by atoms with Crippen LogP contribution in [0.1, 0.15) is 65.5 Å². The first-order valence-corrected chi connectivity index (χ1v) is 15.7. The molecule has 0 radical (unpaired) electrons. The van der Waals surface area contributed by atoms with Gasteiger partial charge in [0, 0.05) is 50.3 Å². The van der Waals surface area contributed by atoms with Crippen LogP contribution in [0.25, 0.3) is 4.85 Å². The van der Waals surface area contributed by atoms with E-state index in [2.05, 4.69) is 9.74 Å². The van der Waals surface area contributed by atoms with Crippen LogP contribution in [0.3, 0.4) is 0 Å². The molecule has 0 spiro atoms. The number of carbonyl (C=O) groups excluding carboxylic acids is 4. The average molecular weight is 656 g/mol. The van der Waals surface area contributed by atoms with Gasteiger partial charge in [0.05, 0.1) is 24.4 Å². The summed E-state index contributed by atoms with van der Waals surface area (Å²) >= 11 is 0. The van der Waals surface area contributed by atoms with Gasteiger partial charge in [-0.1, -0.05) is 24.3 Å². The largest absolute Gasteiger partial charge is 0.460 e. The molecule has 2 aliphatic heterocycles. The van der Waals surface area contributed by atoms with Crippen molar-refractivity contribution in [3.63, 3.8) is 0 Å². The Morgan fingerprint density at radius 1 is 1.02 bits per heavy atom. The third-order valence-electron chi connectivity index (χ3n) is 8.27. The van der Waals surface area contributed by atoms with Gasteiger partial charge in [-0.15, -0.1) is 0 Å². The van der Waals surface area contributed by atoms with E-state index < -0.39 is 41.2 Å². The molecule has 12 heteroatoms. The second-order valence-corrected chi connectivity index (χ2v) is 12.9. The van der Waals surface area contributed by atoms with Gasteiger partial charge in [0.25, 0.3) is 5.91 Å². The molecule has 3 aromatic carbocycles. The van der Waals surface area contributed by atoms with Crippen molar-refractivity contribution < 1.29 is 33.0 Å². The zero-order valence-electron chi connectivity index (χ0n) is 27.2. The fourth-order valence-electron chi connectivity index (χ4n) is 5.90. The predicted molar refractivity (Wildman–Crippen MR) is 176 cm³/mol. The molecule has 0 aromatic heterocycles. The van der Waals surface area contributed by atoms with Crippen molar-refractivity contribution in [2.45, 2.75) is 58.3 Å². The molecule has 3 aromatic rings. The highest BCUT2D eigenvalue weighted by Crippen LogP contribution is 2.34. The first-order valence-electron chi connectivity index (χ1n) is 15.7. The Morgan fingerprint density at radius 3 is 2.35 bits per heavy atom. The summed E-state index contributed by atoms with van der Waals surface area (Å²) in [5.41, 5.74) is 7.80. The van der Waals surface area contributed by atoms with Crippen LogP contribution in [0.5, 0.6) is 5.75 Å². The lowest BCUT2D eigenvalue weighted by Crippen LogP contribution is -2.46. The number of anilines is 1. The van der Waals surface area contributed by atoms with E-state index in [1.54, 1.807) is 63.2 Å². The van der Waals surface area contributed by atoms with Gasteiger partial charge >= 0.3 is 11.9 Å². The van der Waals surface area contributed by atoms with E-state index in [0.717, 1.165) is 18.7 Å². The number of carbonyl (C=O) groups is 4. The number of fused-ring (bicyclic) bond motifs is 1. The number of hydrogen-bond donors (Lipinski definition) is 1. The maximum absolute atomic E-state index is 14.5. The Morgan fingerprint density at radius 2 is 1.73 bits per heavy atom. The van der Waals surface area contributed by atoms with Gasteiger partial charge < -0.3 is 25.0 Å². The fourth-order valence-corrected chi connectivity index (χ4v) is 5.90. The Labute approximate surface area is 278 Å². The van der Waals surface area contributed by atoms with Crippen LogP contribution < -0.4 is 15.4 Å². The number of primary amides is 1. The summed E-state index contributed by atoms with van der Waals surface area (Å²) in [4.78, 5) is 59.8. The molecule has 48 heavy (non-hydrogen) atoms. The standard InChI is InChI=1S/C36H38FN5O6/c1-36(2,3)48-32(43)15-14-30(33(38)44)42-22-27-26(34(42)45)6-5-7-31(27)47-35(46)24-10-8-23(9-11-24)21-40-16-18-41(19-17-40)29-13-12-25(39-4)20-28(29)37/h5-13,20,30H,14-19,21-22H2,1-3H3,(H2,38,44)/t30-/m0/s1. The summed E-state index contributed by atoms with van der Waals surface area (Å²) in [5.74, 6) is -2.49. The van der Waals surface area contributed by atoms with Gasteiger partial charge in [-0.2, -0.15) is 0 Å². The van der Waals surface area contributed by atoms with E-state index in [1.807, 2.05) is 17.0 Å². The highest BCUT2D eigenvalue weighted by Gasteiger charge is 2.38. The van der Waals surface area contributed by atoms with Crippen molar-refractivity contribution in [1.82, 2.24) is 9.80 Å². The number of nitrogens with zero attached hydrogens (tertiary/aromatic N) is 4. The lowest BCUT2D eigenvalue weighted by molar-refractivity contribution is -0.155. The molecular weight excluding hydrogens is 617 g/mol. The number of benzene rings is 3. The molecule has 1 saturated heterocycles. The zero-order valence-corrected chi connectivity index (χ0v) is 27.2. The number of rotatable bonds is 10. The van der Waals surface area contributed by atoms with Crippen molar-refractivity contribution >= 4 is 35.1 Å². The number of amides is 2. The van der Waals surface area contributed by atoms with Gasteiger partial charge in [0.2, 0.25) is 5.91 Å². The number of hydrogen-bond acceptors (Lipinski definition) is 8. The summed E-state index contributed by atoms with van der Waals surface area (Å²) in [5, 5.41) is 0. The zero-order chi connectivity index (χ0) is 34.6. The fraction of sp³-hybridized carbons (Fsp3) is 0.361. The van der Waals surface area contributed by atoms with Gasteiger partial charge in [0.1, 0.15) is 23.2 Å². The van der Waals surface area contributed by atoms with Gasteiger partial charge in [-0.25, -0.2) is 14.0 Å². The molecule has 2 N–H and O–H groups in total. The minimum absolute atomic E-state index is 0.00231. The summed E-state index contributed by atoms with van der Waals surface area (Å²) in [6.07, 6.45) is -0.101. The topological polar surface area (TPSA) is 127 Å². The second-order valence-electron chi connectivity index (χ2n) is 12.9. The molecule has 2 aliphatic rings. The number of nitrogens with two attached hydrogens (primary N) is 1. The van der Waals surface area contributed by atoms with E-state index in [0.29, 0.717) is 42.0 Å². The van der Waals surface area contributed by atoms with E-state index in [1.165, 1.54) is 11.0 Å². The minimum atomic E-state index is -1.05. The molecule has 11 nitrogen and oxygen atoms in total. The molecule has 1 atom stereocenters. The quantitative estimate of drug-likeness (QED) is 0.187. The maximum atomic E-state index is 14.5. The highest BCUT2D eigenvalue weighted by molar-refractivity contribution is 6.02. The van der Waals surface area contributed by atoms with Crippen molar-refractivity contribution in [2.75, 3.05) is 31.1 Å². The summed E-state index contributed by atoms with van der Waals surface area (Å²) < 4.78 is 25.5. The molecule has 0 aliphatic carbocycles. The Kier molecular flexibility index (Phi) is 10.1. The lowest BCUT2D eigenvalue weighted by Gasteiger charge is -2.36. The summed E-state index contributed by atoms with van der Waals surface area (Å²) in [6, 6.07) is 15.4. The predicted octanol–water partition coefficient (Wildman–Crippen LogP) is 4.85. The van der Waals surface area contributed by atoms with E-state index in [9.17, 15) is 23.6 Å². The summed E-state index contributed by atoms with van der Waals surface area (Å²) in [7, 11) is 0. The maximum Gasteiger partial charge on any atom is 0.343 e. The van der Waals surface area contributed by atoms with Gasteiger partial charge in [-0.05, 0) is 69.2 Å². The molecule has 2 amide bonds. The SMILES string of the molecule is [C-]#[N+]c1ccc(N2CCN(Cc3ccc(C(=O)Oc4cccc5c4CN([C@@H](CCC(=O)OC(C)(C)C)C(N)=O)C5=O)cc3)CC2)c(F)c1. The van der Waals surface area contributed by atoms with E-state index in [-0.39, 0.29) is 30.8 Å². The van der Waals surface area contributed by atoms with E-state index >= 15 is 0 Å². The van der Waals surface area contributed by atoms with Crippen molar-refractivity contribution in [2.24, 2.45) is 5.73 Å². The van der Waals surface area contributed by atoms with Crippen LogP contribution in [0, 0.1) is 12.4 Å². The number of esters is 2. The first kappa shape index (κ1) is 34.1. The van der Waals surface area contributed by atoms with Crippen molar-refractivity contribution in [1.29, 1.82) is 0 Å². The van der Waals surface area contributed by atoms with Crippen molar-refractivity contribution in [3.8, 4) is 5.75 Å².